The SMILES string of the molecule is NC(=O)C=C(C1CC1)C1CC1. The number of hydrogen-bond acceptors (Lipinski definition) is 1. The third-order valence-corrected chi connectivity index (χ3v) is 2.41. The van der Waals surface area contributed by atoms with Gasteiger partial charge < -0.3 is 5.73 Å². The third kappa shape index (κ3) is 1.62. The van der Waals surface area contributed by atoms with Gasteiger partial charge in [-0.05, 0) is 37.5 Å². The number of amides is 1. The fourth-order valence-electron chi connectivity index (χ4n) is 1.57. The summed E-state index contributed by atoms with van der Waals surface area (Å²) in [6.07, 6.45) is 6.76. The number of nitrogens with two attached hydrogens (primary N) is 1. The molecule has 2 heteroatoms. The van der Waals surface area contributed by atoms with Crippen molar-refractivity contribution in [1.82, 2.24) is 0 Å². The zero-order chi connectivity index (χ0) is 7.84. The molecule has 0 spiro atoms. The molecule has 0 atom stereocenters. The number of carbonyl (C=O) groups excluding carboxylic acids is 1. The molecular formula is C9H13NO. The van der Waals surface area contributed by atoms with E-state index < -0.39 is 0 Å². The fourth-order valence-corrected chi connectivity index (χ4v) is 1.57. The summed E-state index contributed by atoms with van der Waals surface area (Å²) >= 11 is 0. The second-order valence-corrected chi connectivity index (χ2v) is 3.60. The van der Waals surface area contributed by atoms with Crippen LogP contribution in [0, 0.1) is 11.8 Å². The Labute approximate surface area is 66.5 Å². The monoisotopic (exact) mass is 151 g/mol. The Hall–Kier alpha value is -0.790. The van der Waals surface area contributed by atoms with Crippen LogP contribution in [-0.2, 0) is 4.79 Å². The van der Waals surface area contributed by atoms with Crippen LogP contribution >= 0.6 is 0 Å². The quantitative estimate of drug-likeness (QED) is 0.605. The molecule has 2 N–H and O–H groups in total. The summed E-state index contributed by atoms with van der Waals surface area (Å²) < 4.78 is 0. The van der Waals surface area contributed by atoms with Gasteiger partial charge in [-0.25, -0.2) is 0 Å². The van der Waals surface area contributed by atoms with Gasteiger partial charge in [-0.15, -0.1) is 0 Å². The second-order valence-electron chi connectivity index (χ2n) is 3.60. The largest absolute Gasteiger partial charge is 0.366 e. The van der Waals surface area contributed by atoms with Crippen LogP contribution < -0.4 is 5.73 Å². The maximum Gasteiger partial charge on any atom is 0.241 e. The first kappa shape index (κ1) is 6.89. The minimum absolute atomic E-state index is 0.265. The van der Waals surface area contributed by atoms with Crippen LogP contribution in [0.2, 0.25) is 0 Å². The smallest absolute Gasteiger partial charge is 0.241 e. The number of carbonyl (C=O) groups is 1. The van der Waals surface area contributed by atoms with Crippen LogP contribution in [0.3, 0.4) is 0 Å². The molecule has 0 aliphatic heterocycles. The Morgan fingerprint density at radius 3 is 1.91 bits per heavy atom. The summed E-state index contributed by atoms with van der Waals surface area (Å²) in [4.78, 5) is 10.6. The summed E-state index contributed by atoms with van der Waals surface area (Å²) in [5, 5.41) is 0. The molecule has 0 heterocycles. The summed E-state index contributed by atoms with van der Waals surface area (Å²) in [7, 11) is 0. The highest BCUT2D eigenvalue weighted by Crippen LogP contribution is 2.48. The highest BCUT2D eigenvalue weighted by atomic mass is 16.1. The minimum atomic E-state index is -0.265. The summed E-state index contributed by atoms with van der Waals surface area (Å²) in [6, 6.07) is 0. The molecular weight excluding hydrogens is 138 g/mol. The summed E-state index contributed by atoms with van der Waals surface area (Å²) in [5.74, 6) is 1.17. The molecule has 2 saturated carbocycles. The summed E-state index contributed by atoms with van der Waals surface area (Å²) in [5.41, 5.74) is 6.45. The minimum Gasteiger partial charge on any atom is -0.366 e. The van der Waals surface area contributed by atoms with E-state index in [0.717, 1.165) is 11.8 Å². The van der Waals surface area contributed by atoms with Gasteiger partial charge in [-0.1, -0.05) is 5.57 Å². The van der Waals surface area contributed by atoms with E-state index in [-0.39, 0.29) is 5.91 Å². The van der Waals surface area contributed by atoms with Gasteiger partial charge in [-0.2, -0.15) is 0 Å². The molecule has 0 radical (unpaired) electrons. The highest BCUT2D eigenvalue weighted by molar-refractivity contribution is 5.86. The molecule has 0 saturated heterocycles. The molecule has 0 bridgehead atoms. The van der Waals surface area contributed by atoms with E-state index in [0.29, 0.717) is 0 Å². The first-order valence-corrected chi connectivity index (χ1v) is 4.28. The van der Waals surface area contributed by atoms with Gasteiger partial charge in [-0.3, -0.25) is 4.79 Å². The van der Waals surface area contributed by atoms with Crippen molar-refractivity contribution in [2.24, 2.45) is 17.6 Å². The van der Waals surface area contributed by atoms with Gasteiger partial charge in [0.05, 0.1) is 0 Å². The number of primary amides is 1. The lowest BCUT2D eigenvalue weighted by Gasteiger charge is -2.00. The first-order chi connectivity index (χ1) is 5.27. The van der Waals surface area contributed by atoms with Crippen molar-refractivity contribution in [2.45, 2.75) is 25.7 Å². The Balaban J connectivity index is 2.07. The topological polar surface area (TPSA) is 43.1 Å². The van der Waals surface area contributed by atoms with Gasteiger partial charge in [0.2, 0.25) is 5.91 Å². The van der Waals surface area contributed by atoms with E-state index >= 15 is 0 Å². The molecule has 11 heavy (non-hydrogen) atoms. The van der Waals surface area contributed by atoms with E-state index in [9.17, 15) is 4.79 Å². The van der Waals surface area contributed by atoms with E-state index in [1.807, 2.05) is 0 Å². The van der Waals surface area contributed by atoms with E-state index in [2.05, 4.69) is 0 Å². The Kier molecular flexibility index (Phi) is 1.48. The standard InChI is InChI=1S/C9H13NO/c10-9(11)5-8(6-1-2-6)7-3-4-7/h5-7H,1-4H2,(H2,10,11). The number of rotatable bonds is 3. The molecule has 2 aliphatic rings. The zero-order valence-corrected chi connectivity index (χ0v) is 6.55. The average Bonchev–Trinajstić information content (AvgIpc) is 2.79. The fraction of sp³-hybridized carbons (Fsp3) is 0.667. The first-order valence-electron chi connectivity index (χ1n) is 4.28. The second kappa shape index (κ2) is 2.36. The van der Waals surface area contributed by atoms with Crippen molar-refractivity contribution in [1.29, 1.82) is 0 Å². The lowest BCUT2D eigenvalue weighted by atomic mass is 10.1. The average molecular weight is 151 g/mol. The molecule has 2 nitrogen and oxygen atoms in total. The molecule has 0 aromatic carbocycles. The number of allylic oxidation sites excluding steroid dienone is 1. The van der Waals surface area contributed by atoms with Crippen LogP contribution in [0.25, 0.3) is 0 Å². The summed E-state index contributed by atoms with van der Waals surface area (Å²) in [6.45, 7) is 0. The predicted molar refractivity (Wildman–Crippen MR) is 42.7 cm³/mol. The molecule has 2 fully saturated rings. The normalized spacial score (nSPS) is 22.9. The van der Waals surface area contributed by atoms with Crippen molar-refractivity contribution in [2.75, 3.05) is 0 Å². The molecule has 0 aromatic rings. The van der Waals surface area contributed by atoms with Gasteiger partial charge in [0, 0.05) is 6.08 Å². The van der Waals surface area contributed by atoms with Crippen LogP contribution in [-0.4, -0.2) is 5.91 Å². The van der Waals surface area contributed by atoms with Crippen LogP contribution in [0.5, 0.6) is 0 Å². The van der Waals surface area contributed by atoms with Crippen molar-refractivity contribution in [3.8, 4) is 0 Å². The Morgan fingerprint density at radius 2 is 1.64 bits per heavy atom. The van der Waals surface area contributed by atoms with Crippen LogP contribution in [0.1, 0.15) is 25.7 Å². The van der Waals surface area contributed by atoms with Crippen molar-refractivity contribution in [3.63, 3.8) is 0 Å². The van der Waals surface area contributed by atoms with Gasteiger partial charge in [0.15, 0.2) is 0 Å². The number of hydrogen-bond donors (Lipinski definition) is 1. The van der Waals surface area contributed by atoms with Crippen molar-refractivity contribution in [3.05, 3.63) is 11.6 Å². The predicted octanol–water partition coefficient (Wildman–Crippen LogP) is 1.22. The molecule has 2 aliphatic carbocycles. The van der Waals surface area contributed by atoms with Gasteiger partial charge in [0.25, 0.3) is 0 Å². The lowest BCUT2D eigenvalue weighted by molar-refractivity contribution is -0.113. The highest BCUT2D eigenvalue weighted by Gasteiger charge is 2.36. The van der Waals surface area contributed by atoms with Gasteiger partial charge in [0.1, 0.15) is 0 Å². The molecule has 60 valence electrons. The Bertz CT molecular complexity index is 198. The van der Waals surface area contributed by atoms with Gasteiger partial charge >= 0.3 is 0 Å². The maximum absolute atomic E-state index is 10.6. The van der Waals surface area contributed by atoms with E-state index in [4.69, 9.17) is 5.73 Å². The molecule has 0 aromatic heterocycles. The van der Waals surface area contributed by atoms with E-state index in [1.54, 1.807) is 6.08 Å². The maximum atomic E-state index is 10.6. The van der Waals surface area contributed by atoms with Crippen LogP contribution in [0.4, 0.5) is 0 Å². The van der Waals surface area contributed by atoms with Crippen molar-refractivity contribution >= 4 is 5.91 Å². The third-order valence-electron chi connectivity index (χ3n) is 2.41. The van der Waals surface area contributed by atoms with Crippen molar-refractivity contribution < 1.29 is 4.79 Å². The Morgan fingerprint density at radius 1 is 1.18 bits per heavy atom. The zero-order valence-electron chi connectivity index (χ0n) is 6.55. The molecule has 0 unspecified atom stereocenters. The van der Waals surface area contributed by atoms with E-state index in [1.165, 1.54) is 31.3 Å². The lowest BCUT2D eigenvalue weighted by Crippen LogP contribution is -2.08. The van der Waals surface area contributed by atoms with Crippen LogP contribution in [0.15, 0.2) is 11.6 Å². The molecule has 2 rings (SSSR count). The molecule has 1 amide bonds.